The van der Waals surface area contributed by atoms with Gasteiger partial charge in [0.25, 0.3) is 0 Å². The molecule has 1 aliphatic carbocycles. The maximum Gasteiger partial charge on any atom is 0.248 e. The van der Waals surface area contributed by atoms with Gasteiger partial charge in [0, 0.05) is 47.2 Å². The molecule has 0 atom stereocenters. The van der Waals surface area contributed by atoms with Crippen molar-refractivity contribution >= 4 is 32.5 Å². The molecule has 0 spiro atoms. The van der Waals surface area contributed by atoms with E-state index in [1.807, 2.05) is 47.3 Å². The Bertz CT molecular complexity index is 1480. The molecule has 1 fully saturated rings. The number of H-pyrrole nitrogens is 1. The van der Waals surface area contributed by atoms with E-state index >= 15 is 0 Å². The Morgan fingerprint density at radius 3 is 2.91 bits per heavy atom. The average molecular weight is 527 g/mol. The predicted octanol–water partition coefficient (Wildman–Crippen LogP) is 4.41. The van der Waals surface area contributed by atoms with Crippen molar-refractivity contribution in [2.24, 2.45) is 5.92 Å². The number of aromatic amines is 1. The van der Waals surface area contributed by atoms with Crippen LogP contribution in [0.2, 0.25) is 0 Å². The molecular formula is C23H21BrF2N8. The Kier molecular flexibility index (Phi) is 5.18. The van der Waals surface area contributed by atoms with E-state index in [-0.39, 0.29) is 18.8 Å². The number of nitrogens with zero attached hydrogens (tertiary/aromatic N) is 6. The minimum atomic E-state index is -2.47. The summed E-state index contributed by atoms with van der Waals surface area (Å²) in [6.45, 7) is 1.73. The molecule has 34 heavy (non-hydrogen) atoms. The predicted molar refractivity (Wildman–Crippen MR) is 126 cm³/mol. The van der Waals surface area contributed by atoms with Crippen LogP contribution in [0.25, 0.3) is 27.8 Å². The van der Waals surface area contributed by atoms with Crippen LogP contribution in [0.3, 0.4) is 0 Å². The Morgan fingerprint density at radius 2 is 2.06 bits per heavy atom. The number of aromatic nitrogens is 7. The molecule has 0 saturated heterocycles. The fourth-order valence-corrected chi connectivity index (χ4v) is 4.97. The van der Waals surface area contributed by atoms with E-state index in [0.29, 0.717) is 19.6 Å². The number of hydrogen-bond acceptors (Lipinski definition) is 5. The molecule has 6 rings (SSSR count). The molecule has 5 aromatic rings. The number of alkyl halides is 2. The van der Waals surface area contributed by atoms with Crippen molar-refractivity contribution in [3.63, 3.8) is 0 Å². The molecule has 2 N–H and O–H groups in total. The molecule has 1 aliphatic rings. The van der Waals surface area contributed by atoms with Crippen molar-refractivity contribution in [1.29, 1.82) is 0 Å². The first-order valence-corrected chi connectivity index (χ1v) is 11.8. The summed E-state index contributed by atoms with van der Waals surface area (Å²) in [6, 6.07) is 7.94. The van der Waals surface area contributed by atoms with Crippen molar-refractivity contribution in [3.8, 4) is 11.3 Å². The number of pyridine rings is 1. The van der Waals surface area contributed by atoms with Gasteiger partial charge < -0.3 is 9.72 Å². The summed E-state index contributed by atoms with van der Waals surface area (Å²) in [5.74, 6) is -2.40. The van der Waals surface area contributed by atoms with Crippen LogP contribution in [0, 0.1) is 5.92 Å². The van der Waals surface area contributed by atoms with Crippen LogP contribution >= 0.6 is 15.9 Å². The molecule has 4 heterocycles. The first-order chi connectivity index (χ1) is 16.4. The summed E-state index contributed by atoms with van der Waals surface area (Å²) >= 11 is 3.53. The second-order valence-electron chi connectivity index (χ2n) is 8.88. The molecule has 0 aliphatic heterocycles. The van der Waals surface area contributed by atoms with Gasteiger partial charge in [-0.05, 0) is 36.2 Å². The molecule has 0 bridgehead atoms. The van der Waals surface area contributed by atoms with E-state index in [0.717, 1.165) is 43.5 Å². The summed E-state index contributed by atoms with van der Waals surface area (Å²) < 4.78 is 30.6. The second kappa shape index (κ2) is 8.24. The van der Waals surface area contributed by atoms with Gasteiger partial charge in [0.1, 0.15) is 11.3 Å². The standard InChI is InChI=1S/C23H21BrF2N8/c24-16-3-18(19-9-28-30-20(19)4-16)21-13-34(32-31-21)12-17-11-33-10-14(1-2-22(33)29-17)7-27-8-15-5-23(25,26)6-15/h1-4,9-11,13,15,27H,5-8,12H2,(H,28,30). The van der Waals surface area contributed by atoms with Crippen LogP contribution in [-0.4, -0.2) is 47.0 Å². The van der Waals surface area contributed by atoms with Crippen molar-refractivity contribution < 1.29 is 8.78 Å². The number of benzene rings is 1. The Balaban J connectivity index is 1.14. The molecule has 8 nitrogen and oxygen atoms in total. The van der Waals surface area contributed by atoms with Crippen LogP contribution in [-0.2, 0) is 13.1 Å². The molecule has 0 unspecified atom stereocenters. The average Bonchev–Trinajstić information content (AvgIpc) is 3.51. The lowest BCUT2D eigenvalue weighted by Gasteiger charge is -2.35. The second-order valence-corrected chi connectivity index (χ2v) is 9.80. The zero-order valence-corrected chi connectivity index (χ0v) is 19.6. The van der Waals surface area contributed by atoms with Gasteiger partial charge in [-0.3, -0.25) is 5.10 Å². The zero-order chi connectivity index (χ0) is 23.3. The van der Waals surface area contributed by atoms with Gasteiger partial charge in [0.05, 0.1) is 30.1 Å². The van der Waals surface area contributed by atoms with Crippen molar-refractivity contribution in [3.05, 3.63) is 64.8 Å². The fourth-order valence-electron chi connectivity index (χ4n) is 4.51. The normalized spacial score (nSPS) is 15.9. The summed E-state index contributed by atoms with van der Waals surface area (Å²) in [4.78, 5) is 4.68. The lowest BCUT2D eigenvalue weighted by atomic mass is 9.81. The molecule has 1 saturated carbocycles. The Hall–Kier alpha value is -3.18. The zero-order valence-electron chi connectivity index (χ0n) is 18.0. The van der Waals surface area contributed by atoms with Gasteiger partial charge in [-0.2, -0.15) is 5.10 Å². The SMILES string of the molecule is FC1(F)CC(CNCc2ccc3nc(Cn4cc(-c5cc(Br)cc6[nH]ncc56)nn4)cn3c2)C1. The lowest BCUT2D eigenvalue weighted by Crippen LogP contribution is -2.40. The minimum absolute atomic E-state index is 0.0115. The molecule has 0 radical (unpaired) electrons. The van der Waals surface area contributed by atoms with Crippen molar-refractivity contribution in [2.75, 3.05) is 6.54 Å². The topological polar surface area (TPSA) is 88.7 Å². The van der Waals surface area contributed by atoms with Gasteiger partial charge in [0.15, 0.2) is 0 Å². The van der Waals surface area contributed by atoms with Crippen LogP contribution in [0.1, 0.15) is 24.1 Å². The summed E-state index contributed by atoms with van der Waals surface area (Å²) in [6.07, 6.45) is 7.65. The molecular weight excluding hydrogens is 506 g/mol. The third-order valence-electron chi connectivity index (χ3n) is 6.16. The fraction of sp³-hybridized carbons (Fsp3) is 0.304. The first kappa shape index (κ1) is 21.4. The highest BCUT2D eigenvalue weighted by Crippen LogP contribution is 2.41. The van der Waals surface area contributed by atoms with Gasteiger partial charge in [-0.25, -0.2) is 18.4 Å². The Labute approximate surface area is 201 Å². The van der Waals surface area contributed by atoms with Crippen LogP contribution in [0.5, 0.6) is 0 Å². The maximum atomic E-state index is 13.0. The molecule has 1 aromatic carbocycles. The van der Waals surface area contributed by atoms with Crippen LogP contribution < -0.4 is 5.32 Å². The molecule has 11 heteroatoms. The first-order valence-electron chi connectivity index (χ1n) is 11.0. The van der Waals surface area contributed by atoms with Crippen LogP contribution in [0.15, 0.2) is 53.5 Å². The van der Waals surface area contributed by atoms with E-state index < -0.39 is 5.92 Å². The number of nitrogens with one attached hydrogen (secondary N) is 2. The number of halogens is 3. The smallest absolute Gasteiger partial charge is 0.248 e. The number of hydrogen-bond donors (Lipinski definition) is 2. The van der Waals surface area contributed by atoms with Gasteiger partial charge in [-0.15, -0.1) is 5.10 Å². The molecule has 174 valence electrons. The van der Waals surface area contributed by atoms with Gasteiger partial charge >= 0.3 is 0 Å². The summed E-state index contributed by atoms with van der Waals surface area (Å²) in [5.41, 5.74) is 5.40. The third-order valence-corrected chi connectivity index (χ3v) is 6.62. The minimum Gasteiger partial charge on any atom is -0.312 e. The highest BCUT2D eigenvalue weighted by Gasteiger charge is 2.44. The highest BCUT2D eigenvalue weighted by atomic mass is 79.9. The van der Waals surface area contributed by atoms with Crippen molar-refractivity contribution in [1.82, 2.24) is 39.9 Å². The van der Waals surface area contributed by atoms with E-state index in [1.165, 1.54) is 0 Å². The van der Waals surface area contributed by atoms with Gasteiger partial charge in [0.2, 0.25) is 5.92 Å². The molecule has 0 amide bonds. The highest BCUT2D eigenvalue weighted by molar-refractivity contribution is 9.10. The van der Waals surface area contributed by atoms with E-state index in [4.69, 9.17) is 0 Å². The molecule has 4 aromatic heterocycles. The summed E-state index contributed by atoms with van der Waals surface area (Å²) in [7, 11) is 0. The van der Waals surface area contributed by atoms with Gasteiger partial charge in [-0.1, -0.05) is 27.2 Å². The van der Waals surface area contributed by atoms with E-state index in [9.17, 15) is 8.78 Å². The summed E-state index contributed by atoms with van der Waals surface area (Å²) in [5, 5.41) is 20.0. The van der Waals surface area contributed by atoms with Crippen molar-refractivity contribution in [2.45, 2.75) is 31.9 Å². The van der Waals surface area contributed by atoms with E-state index in [2.05, 4.69) is 46.7 Å². The lowest BCUT2D eigenvalue weighted by molar-refractivity contribution is -0.109. The number of rotatable bonds is 7. The quantitative estimate of drug-likeness (QED) is 0.327. The third kappa shape index (κ3) is 4.21. The largest absolute Gasteiger partial charge is 0.312 e. The number of imidazole rings is 1. The van der Waals surface area contributed by atoms with E-state index in [1.54, 1.807) is 10.9 Å². The number of fused-ring (bicyclic) bond motifs is 2. The van der Waals surface area contributed by atoms with Crippen LogP contribution in [0.4, 0.5) is 8.78 Å². The Morgan fingerprint density at radius 1 is 1.18 bits per heavy atom. The monoisotopic (exact) mass is 526 g/mol. The maximum absolute atomic E-state index is 13.0.